The monoisotopic (exact) mass is 223 g/mol. The Hall–Kier alpha value is -1.48. The summed E-state index contributed by atoms with van der Waals surface area (Å²) in [5.41, 5.74) is 1.96. The van der Waals surface area contributed by atoms with Crippen molar-refractivity contribution in [1.29, 1.82) is 0 Å². The zero-order chi connectivity index (χ0) is 10.7. The topological polar surface area (TPSA) is 35.3 Å². The number of hydrogen-bond donors (Lipinski definition) is 0. The van der Waals surface area contributed by atoms with Crippen LogP contribution in [0.2, 0.25) is 5.35 Å². The highest BCUT2D eigenvalue weighted by molar-refractivity contribution is 6.27. The molecule has 2 rings (SSSR count). The number of hydrogen-bond acceptors (Lipinski definition) is 3. The summed E-state index contributed by atoms with van der Waals surface area (Å²) in [5.74, 6) is 0.844. The normalized spacial score (nSPS) is 10.3. The lowest BCUT2D eigenvalue weighted by Gasteiger charge is -2.00. The molecule has 0 saturated carbocycles. The molecule has 1 aromatic heterocycles. The number of ether oxygens (including phenoxy) is 1. The van der Waals surface area contributed by atoms with E-state index in [0.717, 1.165) is 17.0 Å². The number of aromatic nitrogens is 1. The van der Waals surface area contributed by atoms with Gasteiger partial charge < -0.3 is 9.15 Å². The molecule has 15 heavy (non-hydrogen) atoms. The number of benzene rings is 1. The number of rotatable bonds is 3. The van der Waals surface area contributed by atoms with Gasteiger partial charge in [0.15, 0.2) is 0 Å². The maximum Gasteiger partial charge on any atom is 0.292 e. The molecule has 1 heterocycles. The van der Waals surface area contributed by atoms with E-state index in [1.807, 2.05) is 24.3 Å². The minimum absolute atomic E-state index is 0.179. The maximum atomic E-state index is 5.58. The molecule has 3 nitrogen and oxygen atoms in total. The fourth-order valence-electron chi connectivity index (χ4n) is 1.32. The third-order valence-corrected chi connectivity index (χ3v) is 2.24. The maximum absolute atomic E-state index is 5.58. The average molecular weight is 224 g/mol. The summed E-state index contributed by atoms with van der Waals surface area (Å²) in [6.07, 6.45) is 2.27. The molecule has 0 N–H and O–H groups in total. The minimum Gasteiger partial charge on any atom is -0.497 e. The number of nitrogens with zero attached hydrogens (tertiary/aromatic N) is 1. The third kappa shape index (κ3) is 2.50. The molecule has 1 aromatic carbocycles. The Morgan fingerprint density at radius 1 is 1.33 bits per heavy atom. The number of methoxy groups -OCH3 is 1. The van der Waals surface area contributed by atoms with Crippen LogP contribution >= 0.6 is 11.6 Å². The molecule has 2 aromatic rings. The van der Waals surface area contributed by atoms with Crippen LogP contribution in [0.4, 0.5) is 0 Å². The first-order valence-corrected chi connectivity index (χ1v) is 4.88. The Morgan fingerprint density at radius 3 is 2.60 bits per heavy atom. The quantitative estimate of drug-likeness (QED) is 0.803. The van der Waals surface area contributed by atoms with Crippen LogP contribution in [0.3, 0.4) is 0 Å². The second kappa shape index (κ2) is 4.36. The van der Waals surface area contributed by atoms with E-state index in [-0.39, 0.29) is 5.35 Å². The smallest absolute Gasteiger partial charge is 0.292 e. The predicted molar refractivity (Wildman–Crippen MR) is 57.3 cm³/mol. The van der Waals surface area contributed by atoms with E-state index in [0.29, 0.717) is 6.42 Å². The van der Waals surface area contributed by atoms with Crippen molar-refractivity contribution >= 4 is 11.6 Å². The van der Waals surface area contributed by atoms with Gasteiger partial charge in [-0.1, -0.05) is 12.1 Å². The van der Waals surface area contributed by atoms with Crippen molar-refractivity contribution in [3.63, 3.8) is 0 Å². The van der Waals surface area contributed by atoms with E-state index in [1.165, 1.54) is 0 Å². The lowest BCUT2D eigenvalue weighted by atomic mass is 10.1. The van der Waals surface area contributed by atoms with Crippen LogP contribution in [0.1, 0.15) is 11.3 Å². The van der Waals surface area contributed by atoms with E-state index in [2.05, 4.69) is 4.98 Å². The summed E-state index contributed by atoms with van der Waals surface area (Å²) in [6.45, 7) is 0. The van der Waals surface area contributed by atoms with Gasteiger partial charge in [-0.2, -0.15) is 0 Å². The molecule has 0 spiro atoms. The van der Waals surface area contributed by atoms with Crippen LogP contribution < -0.4 is 4.74 Å². The van der Waals surface area contributed by atoms with Crippen LogP contribution in [0.5, 0.6) is 5.75 Å². The summed E-state index contributed by atoms with van der Waals surface area (Å²) >= 11 is 5.58. The molecule has 0 aliphatic carbocycles. The van der Waals surface area contributed by atoms with Gasteiger partial charge in [0.25, 0.3) is 5.35 Å². The number of oxazole rings is 1. The molecule has 0 radical (unpaired) electrons. The Balaban J connectivity index is 2.11. The van der Waals surface area contributed by atoms with Gasteiger partial charge in [-0.3, -0.25) is 0 Å². The highest BCUT2D eigenvalue weighted by Gasteiger charge is 2.02. The fourth-order valence-corrected chi connectivity index (χ4v) is 1.47. The van der Waals surface area contributed by atoms with Gasteiger partial charge in [-0.15, -0.1) is 0 Å². The first kappa shape index (κ1) is 10.1. The van der Waals surface area contributed by atoms with Gasteiger partial charge >= 0.3 is 0 Å². The van der Waals surface area contributed by atoms with Crippen molar-refractivity contribution in [1.82, 2.24) is 4.98 Å². The molecule has 0 saturated heterocycles. The van der Waals surface area contributed by atoms with Crippen molar-refractivity contribution in [2.75, 3.05) is 7.11 Å². The lowest BCUT2D eigenvalue weighted by molar-refractivity contribution is 0.414. The van der Waals surface area contributed by atoms with E-state index < -0.39 is 0 Å². The molecular weight excluding hydrogens is 214 g/mol. The van der Waals surface area contributed by atoms with Gasteiger partial charge in [-0.25, -0.2) is 4.98 Å². The Bertz CT molecular complexity index is 436. The average Bonchev–Trinajstić information content (AvgIpc) is 2.65. The van der Waals surface area contributed by atoms with Crippen molar-refractivity contribution in [2.45, 2.75) is 6.42 Å². The highest BCUT2D eigenvalue weighted by atomic mass is 35.5. The summed E-state index contributed by atoms with van der Waals surface area (Å²) in [7, 11) is 1.65. The first-order valence-electron chi connectivity index (χ1n) is 4.51. The van der Waals surface area contributed by atoms with Crippen molar-refractivity contribution in [3.8, 4) is 5.75 Å². The minimum atomic E-state index is 0.179. The van der Waals surface area contributed by atoms with E-state index in [4.69, 9.17) is 20.8 Å². The van der Waals surface area contributed by atoms with E-state index in [1.54, 1.807) is 13.4 Å². The van der Waals surface area contributed by atoms with Gasteiger partial charge in [0.1, 0.15) is 12.0 Å². The summed E-state index contributed by atoms with van der Waals surface area (Å²) in [5, 5.41) is 0.179. The van der Waals surface area contributed by atoms with Crippen LogP contribution in [-0.2, 0) is 6.42 Å². The van der Waals surface area contributed by atoms with Crippen molar-refractivity contribution < 1.29 is 9.15 Å². The van der Waals surface area contributed by atoms with Gasteiger partial charge in [0.2, 0.25) is 0 Å². The summed E-state index contributed by atoms with van der Waals surface area (Å²) < 4.78 is 9.98. The predicted octanol–water partition coefficient (Wildman–Crippen LogP) is 2.93. The largest absolute Gasteiger partial charge is 0.497 e. The van der Waals surface area contributed by atoms with Crippen molar-refractivity contribution in [3.05, 3.63) is 47.1 Å². The van der Waals surface area contributed by atoms with Gasteiger partial charge in [-0.05, 0) is 29.3 Å². The second-order valence-electron chi connectivity index (χ2n) is 3.12. The van der Waals surface area contributed by atoms with Gasteiger partial charge in [0.05, 0.1) is 12.8 Å². The molecule has 0 bridgehead atoms. The molecule has 0 unspecified atom stereocenters. The van der Waals surface area contributed by atoms with Crippen LogP contribution in [0, 0.1) is 0 Å². The Morgan fingerprint density at radius 2 is 2.07 bits per heavy atom. The number of halogens is 1. The van der Waals surface area contributed by atoms with Crippen LogP contribution in [0.15, 0.2) is 34.9 Å². The Kier molecular flexibility index (Phi) is 2.92. The standard InChI is InChI=1S/C11H10ClNO2/c1-14-10-4-2-8(3-5-10)6-9-7-15-11(12)13-9/h2-5,7H,6H2,1H3. The third-order valence-electron chi connectivity index (χ3n) is 2.07. The molecule has 0 atom stereocenters. The zero-order valence-corrected chi connectivity index (χ0v) is 8.99. The molecule has 0 amide bonds. The first-order chi connectivity index (χ1) is 7.28. The zero-order valence-electron chi connectivity index (χ0n) is 8.24. The summed E-state index contributed by atoms with van der Waals surface area (Å²) in [6, 6.07) is 7.80. The highest BCUT2D eigenvalue weighted by Crippen LogP contribution is 2.15. The van der Waals surface area contributed by atoms with Crippen LogP contribution in [0.25, 0.3) is 0 Å². The molecule has 78 valence electrons. The van der Waals surface area contributed by atoms with Crippen LogP contribution in [-0.4, -0.2) is 12.1 Å². The SMILES string of the molecule is COc1ccc(Cc2coc(Cl)n2)cc1. The lowest BCUT2D eigenvalue weighted by Crippen LogP contribution is -1.88. The van der Waals surface area contributed by atoms with E-state index >= 15 is 0 Å². The van der Waals surface area contributed by atoms with Crippen molar-refractivity contribution in [2.24, 2.45) is 0 Å². The molecule has 0 aliphatic heterocycles. The summed E-state index contributed by atoms with van der Waals surface area (Å²) in [4.78, 5) is 4.02. The molecule has 0 aliphatic rings. The molecule has 0 fully saturated rings. The van der Waals surface area contributed by atoms with E-state index in [9.17, 15) is 0 Å². The second-order valence-corrected chi connectivity index (χ2v) is 3.44. The molecule has 4 heteroatoms. The van der Waals surface area contributed by atoms with Gasteiger partial charge in [0, 0.05) is 6.42 Å². The Labute approximate surface area is 92.6 Å². The fraction of sp³-hybridized carbons (Fsp3) is 0.182. The molecular formula is C11H10ClNO2.